The fourth-order valence-electron chi connectivity index (χ4n) is 2.54. The summed E-state index contributed by atoms with van der Waals surface area (Å²) in [5.74, 6) is 2.53. The molecule has 0 aliphatic rings. The summed E-state index contributed by atoms with van der Waals surface area (Å²) >= 11 is 0. The topological polar surface area (TPSA) is 109 Å². The Bertz CT molecular complexity index is 405. The molecule has 8 nitrogen and oxygen atoms in total. The molecule has 30 heavy (non-hydrogen) atoms. The third-order valence-electron chi connectivity index (χ3n) is 4.13. The molecule has 178 valence electrons. The van der Waals surface area contributed by atoms with E-state index in [1.165, 1.54) is 0 Å². The summed E-state index contributed by atoms with van der Waals surface area (Å²) < 4.78 is 21.3. The summed E-state index contributed by atoms with van der Waals surface area (Å²) in [5.41, 5.74) is 11.1. The molecular weight excluding hydrogens is 386 g/mol. The summed E-state index contributed by atoms with van der Waals surface area (Å²) in [5, 5.41) is 0. The summed E-state index contributed by atoms with van der Waals surface area (Å²) in [6.07, 6.45) is 10.4. The first-order valence-corrected chi connectivity index (χ1v) is 10.7. The molecule has 0 aliphatic heterocycles. The molecule has 0 spiro atoms. The molecular formula is C22H45N3O5. The van der Waals surface area contributed by atoms with Crippen molar-refractivity contribution < 1.29 is 23.7 Å². The zero-order valence-corrected chi connectivity index (χ0v) is 17.9. The van der Waals surface area contributed by atoms with E-state index in [9.17, 15) is 4.79 Å². The quantitative estimate of drug-likeness (QED) is 0.197. The number of nitrogens with zero attached hydrogens (tertiary/aromatic N) is 1. The minimum atomic E-state index is 0. The average Bonchev–Trinajstić information content (AvgIpc) is 2.73. The Hall–Kier alpha value is -1.21. The number of carbonyl (C=O) groups is 1. The van der Waals surface area contributed by atoms with E-state index in [1.54, 1.807) is 0 Å². The first-order chi connectivity index (χ1) is 14.3. The smallest absolute Gasteiger partial charge is 0.224 e. The summed E-state index contributed by atoms with van der Waals surface area (Å²) in [6.45, 7) is 6.51. The Labute approximate surface area is 183 Å². The van der Waals surface area contributed by atoms with Crippen molar-refractivity contribution in [3.05, 3.63) is 0 Å². The minimum absolute atomic E-state index is 0. The number of unbranched alkanes of at least 4 members (excludes halogenated alkanes) is 3. The third kappa shape index (κ3) is 21.5. The van der Waals surface area contributed by atoms with Crippen LogP contribution >= 0.6 is 0 Å². The van der Waals surface area contributed by atoms with Crippen molar-refractivity contribution in [1.29, 1.82) is 0 Å². The van der Waals surface area contributed by atoms with Gasteiger partial charge in [0.25, 0.3) is 0 Å². The van der Waals surface area contributed by atoms with Gasteiger partial charge in [-0.05, 0) is 38.8 Å². The Balaban J connectivity index is 0. The van der Waals surface area contributed by atoms with Gasteiger partial charge in [0.15, 0.2) is 0 Å². The van der Waals surface area contributed by atoms with Crippen LogP contribution in [0.4, 0.5) is 0 Å². The van der Waals surface area contributed by atoms with Gasteiger partial charge >= 0.3 is 0 Å². The van der Waals surface area contributed by atoms with Crippen LogP contribution in [0.15, 0.2) is 0 Å². The van der Waals surface area contributed by atoms with Crippen LogP contribution in [-0.4, -0.2) is 89.8 Å². The van der Waals surface area contributed by atoms with Gasteiger partial charge < -0.3 is 35.3 Å². The number of nitrogens with two attached hydrogens (primary N) is 2. The average molecular weight is 432 g/mol. The van der Waals surface area contributed by atoms with Gasteiger partial charge in [0.05, 0.1) is 52.7 Å². The summed E-state index contributed by atoms with van der Waals surface area (Å²) in [7, 11) is 0. The highest BCUT2D eigenvalue weighted by Crippen LogP contribution is 2.04. The fraction of sp³-hybridized carbons (Fsp3) is 0.864. The molecule has 0 atom stereocenters. The van der Waals surface area contributed by atoms with Crippen molar-refractivity contribution in [2.75, 3.05) is 79.0 Å². The fourth-order valence-corrected chi connectivity index (χ4v) is 2.54. The molecule has 0 aliphatic carbocycles. The Kier molecular flexibility index (Phi) is 26.7. The van der Waals surface area contributed by atoms with Gasteiger partial charge in [0.1, 0.15) is 6.61 Å². The number of hydrogen-bond acceptors (Lipinski definition) is 7. The maximum Gasteiger partial charge on any atom is 0.224 e. The highest BCUT2D eigenvalue weighted by molar-refractivity contribution is 5.76. The third-order valence-corrected chi connectivity index (χ3v) is 4.13. The maximum absolute atomic E-state index is 12.4. The van der Waals surface area contributed by atoms with Gasteiger partial charge in [-0.25, -0.2) is 0 Å². The molecule has 0 bridgehead atoms. The van der Waals surface area contributed by atoms with Crippen LogP contribution in [0.1, 0.15) is 46.0 Å². The van der Waals surface area contributed by atoms with Gasteiger partial charge in [-0.1, -0.05) is 19.8 Å². The Morgan fingerprint density at radius 2 is 1.20 bits per heavy atom. The molecule has 0 aromatic carbocycles. The molecule has 0 saturated heterocycles. The highest BCUT2D eigenvalue weighted by atomic mass is 16.6. The standard InChI is InChI=1S/C21H41N3O5.CH4/c1-2-13-26-15-17-28-19-20-29-18-16-27-14-8-21(25)24(12-7-5-10-23)11-6-3-4-9-22;/h1H,3-20,22-23H2;1H4. The molecule has 0 aromatic rings. The van der Waals surface area contributed by atoms with E-state index in [-0.39, 0.29) is 13.3 Å². The van der Waals surface area contributed by atoms with Gasteiger partial charge in [0.2, 0.25) is 5.91 Å². The van der Waals surface area contributed by atoms with E-state index in [2.05, 4.69) is 5.92 Å². The van der Waals surface area contributed by atoms with E-state index >= 15 is 0 Å². The van der Waals surface area contributed by atoms with Crippen LogP contribution in [0.3, 0.4) is 0 Å². The van der Waals surface area contributed by atoms with Crippen molar-refractivity contribution in [3.8, 4) is 12.3 Å². The van der Waals surface area contributed by atoms with Gasteiger partial charge in [0, 0.05) is 13.1 Å². The summed E-state index contributed by atoms with van der Waals surface area (Å²) in [4.78, 5) is 14.4. The minimum Gasteiger partial charge on any atom is -0.379 e. The van der Waals surface area contributed by atoms with Crippen molar-refractivity contribution in [1.82, 2.24) is 4.90 Å². The first kappa shape index (κ1) is 31.0. The molecule has 0 fully saturated rings. The highest BCUT2D eigenvalue weighted by Gasteiger charge is 2.12. The molecule has 0 radical (unpaired) electrons. The first-order valence-electron chi connectivity index (χ1n) is 10.7. The second-order valence-corrected chi connectivity index (χ2v) is 6.57. The molecule has 1 amide bonds. The Morgan fingerprint density at radius 3 is 1.73 bits per heavy atom. The van der Waals surface area contributed by atoms with Crippen LogP contribution in [0, 0.1) is 12.3 Å². The lowest BCUT2D eigenvalue weighted by molar-refractivity contribution is -0.132. The maximum atomic E-state index is 12.4. The number of terminal acetylenes is 1. The lowest BCUT2D eigenvalue weighted by Crippen LogP contribution is -2.34. The van der Waals surface area contributed by atoms with Crippen LogP contribution in [0.25, 0.3) is 0 Å². The van der Waals surface area contributed by atoms with Gasteiger partial charge in [-0.2, -0.15) is 0 Å². The van der Waals surface area contributed by atoms with Crippen LogP contribution in [0.2, 0.25) is 0 Å². The molecule has 0 saturated carbocycles. The van der Waals surface area contributed by atoms with E-state index < -0.39 is 0 Å². The number of ether oxygens (including phenoxy) is 4. The van der Waals surface area contributed by atoms with Crippen molar-refractivity contribution >= 4 is 5.91 Å². The predicted molar refractivity (Wildman–Crippen MR) is 121 cm³/mol. The normalized spacial score (nSPS) is 10.4. The van der Waals surface area contributed by atoms with E-state index in [1.807, 2.05) is 4.90 Å². The van der Waals surface area contributed by atoms with E-state index in [0.717, 1.165) is 45.2 Å². The van der Waals surface area contributed by atoms with Crippen LogP contribution in [-0.2, 0) is 23.7 Å². The number of rotatable bonds is 22. The van der Waals surface area contributed by atoms with Gasteiger partial charge in [-0.15, -0.1) is 6.42 Å². The SMILES string of the molecule is C.C#CCOCCOCCOCCOCCC(=O)N(CCCCN)CCCCCN. The molecule has 8 heteroatoms. The van der Waals surface area contributed by atoms with Crippen molar-refractivity contribution in [2.45, 2.75) is 46.0 Å². The monoisotopic (exact) mass is 431 g/mol. The molecule has 4 N–H and O–H groups in total. The molecule has 0 aromatic heterocycles. The molecule has 0 unspecified atom stereocenters. The van der Waals surface area contributed by atoms with Crippen molar-refractivity contribution in [3.63, 3.8) is 0 Å². The van der Waals surface area contributed by atoms with E-state index in [0.29, 0.717) is 72.4 Å². The number of amides is 1. The van der Waals surface area contributed by atoms with Crippen LogP contribution in [0.5, 0.6) is 0 Å². The number of carbonyl (C=O) groups excluding carboxylic acids is 1. The largest absolute Gasteiger partial charge is 0.379 e. The number of hydrogen-bond donors (Lipinski definition) is 2. The lowest BCUT2D eigenvalue weighted by atomic mass is 10.2. The van der Waals surface area contributed by atoms with Crippen LogP contribution < -0.4 is 11.5 Å². The summed E-state index contributed by atoms with van der Waals surface area (Å²) in [6, 6.07) is 0. The molecule has 0 heterocycles. The van der Waals surface area contributed by atoms with Crippen molar-refractivity contribution in [2.24, 2.45) is 11.5 Å². The van der Waals surface area contributed by atoms with E-state index in [4.69, 9.17) is 36.8 Å². The lowest BCUT2D eigenvalue weighted by Gasteiger charge is -2.23. The molecule has 0 rings (SSSR count). The Morgan fingerprint density at radius 1 is 0.733 bits per heavy atom. The predicted octanol–water partition coefficient (Wildman–Crippen LogP) is 1.41. The second kappa shape index (κ2) is 25.8. The zero-order valence-electron chi connectivity index (χ0n) is 17.9. The second-order valence-electron chi connectivity index (χ2n) is 6.57. The zero-order chi connectivity index (χ0) is 21.4. The van der Waals surface area contributed by atoms with Gasteiger partial charge in [-0.3, -0.25) is 4.79 Å².